The third-order valence-corrected chi connectivity index (χ3v) is 5.40. The first-order valence-corrected chi connectivity index (χ1v) is 7.56. The average Bonchev–Trinajstić information content (AvgIpc) is 2.57. The largest absolute Gasteiger partial charge is 0.393 e. The van der Waals surface area contributed by atoms with E-state index in [2.05, 4.69) is 16.8 Å². The Morgan fingerprint density at radius 3 is 2.79 bits per heavy atom. The molecule has 0 radical (unpaired) electrons. The molecule has 2 aliphatic rings. The van der Waals surface area contributed by atoms with Crippen LogP contribution in [-0.4, -0.2) is 47.7 Å². The number of nitrogens with zero attached hydrogens (tertiary/aromatic N) is 1. The minimum absolute atomic E-state index is 0.0177. The molecule has 3 N–H and O–H groups in total. The van der Waals surface area contributed by atoms with Crippen LogP contribution >= 0.6 is 11.1 Å². The first-order valence-electron chi connectivity index (χ1n) is 5.38. The van der Waals surface area contributed by atoms with Crippen LogP contribution in [0.25, 0.3) is 0 Å². The van der Waals surface area contributed by atoms with Crippen LogP contribution in [0.4, 0.5) is 0 Å². The summed E-state index contributed by atoms with van der Waals surface area (Å²) in [6, 6.07) is 0. The Kier molecular flexibility index (Phi) is 2.81. The highest BCUT2D eigenvalue weighted by Gasteiger charge is 2.51. The van der Waals surface area contributed by atoms with E-state index in [0.29, 0.717) is 5.92 Å². The van der Waals surface area contributed by atoms with Crippen LogP contribution in [0.15, 0.2) is 0 Å². The number of rotatable bonds is 2. The number of aliphatic hydroxyl groups excluding tert-OH is 1. The van der Waals surface area contributed by atoms with Crippen LogP contribution in [0, 0.1) is 11.3 Å². The molecule has 0 aromatic rings. The monoisotopic (exact) mass is 218 g/mol. The third kappa shape index (κ3) is 1.58. The highest BCUT2D eigenvalue weighted by Crippen LogP contribution is 2.50. The van der Waals surface area contributed by atoms with Gasteiger partial charge in [0.2, 0.25) is 0 Å². The molecule has 1 heterocycles. The molecule has 2 rings (SSSR count). The maximum atomic E-state index is 9.69. The van der Waals surface area contributed by atoms with E-state index < -0.39 is 0 Å². The molecule has 0 aromatic heterocycles. The Bertz CT molecular complexity index is 224. The maximum absolute atomic E-state index is 9.69. The van der Waals surface area contributed by atoms with Crippen molar-refractivity contribution in [3.8, 4) is 0 Å². The van der Waals surface area contributed by atoms with Gasteiger partial charge in [-0.2, -0.15) is 0 Å². The molecule has 0 spiro atoms. The fourth-order valence-corrected chi connectivity index (χ4v) is 4.15. The standard InChI is InChI=1S/C10H22N2OS/c1-14(2)12-5-8-3-9(13)4-10(8,6-11)7-12/h8-9,13-14H,3-7,11H2,1-2H3/t8-,9?,10-/m1/s1. The van der Waals surface area contributed by atoms with E-state index in [1.165, 1.54) is 0 Å². The predicted octanol–water partition coefficient (Wildman–Crippen LogP) is 0.194. The number of thiol groups is 1. The molecule has 0 aromatic carbocycles. The summed E-state index contributed by atoms with van der Waals surface area (Å²) in [4.78, 5) is 0. The third-order valence-electron chi connectivity index (χ3n) is 3.97. The van der Waals surface area contributed by atoms with Crippen molar-refractivity contribution in [1.29, 1.82) is 0 Å². The lowest BCUT2D eigenvalue weighted by molar-refractivity contribution is 0.157. The maximum Gasteiger partial charge on any atom is 0.0550 e. The molecule has 0 amide bonds. The van der Waals surface area contributed by atoms with Crippen LogP contribution in [-0.2, 0) is 0 Å². The molecule has 1 saturated carbocycles. The molecule has 3 nitrogen and oxygen atoms in total. The molecular formula is C10H22N2OS. The number of aliphatic hydroxyl groups is 1. The second-order valence-electron chi connectivity index (χ2n) is 5.05. The van der Waals surface area contributed by atoms with Gasteiger partial charge in [-0.05, 0) is 37.8 Å². The van der Waals surface area contributed by atoms with E-state index in [1.807, 2.05) is 0 Å². The van der Waals surface area contributed by atoms with E-state index in [-0.39, 0.29) is 22.6 Å². The number of nitrogens with two attached hydrogens (primary N) is 1. The van der Waals surface area contributed by atoms with E-state index in [9.17, 15) is 5.11 Å². The highest BCUT2D eigenvalue weighted by molar-refractivity contribution is 8.13. The fourth-order valence-electron chi connectivity index (χ4n) is 3.06. The lowest BCUT2D eigenvalue weighted by Crippen LogP contribution is -2.35. The summed E-state index contributed by atoms with van der Waals surface area (Å²) >= 11 is 0.0177. The second-order valence-corrected chi connectivity index (χ2v) is 7.31. The molecule has 2 fully saturated rings. The van der Waals surface area contributed by atoms with Crippen molar-refractivity contribution in [2.75, 3.05) is 32.1 Å². The Balaban J connectivity index is 2.10. The molecule has 0 bridgehead atoms. The fraction of sp³-hybridized carbons (Fsp3) is 1.00. The first-order chi connectivity index (χ1) is 6.57. The Hall–Kier alpha value is 0.230. The van der Waals surface area contributed by atoms with Gasteiger partial charge in [-0.1, -0.05) is 0 Å². The van der Waals surface area contributed by atoms with Gasteiger partial charge in [-0.25, -0.2) is 11.1 Å². The molecule has 14 heavy (non-hydrogen) atoms. The normalized spacial score (nSPS) is 44.1. The van der Waals surface area contributed by atoms with Gasteiger partial charge in [0.1, 0.15) is 0 Å². The summed E-state index contributed by atoms with van der Waals surface area (Å²) in [5, 5.41) is 9.69. The summed E-state index contributed by atoms with van der Waals surface area (Å²) in [6.45, 7) is 3.02. The van der Waals surface area contributed by atoms with E-state index in [4.69, 9.17) is 5.73 Å². The van der Waals surface area contributed by atoms with Gasteiger partial charge in [0.15, 0.2) is 0 Å². The smallest absolute Gasteiger partial charge is 0.0550 e. The van der Waals surface area contributed by atoms with Crippen molar-refractivity contribution >= 4 is 11.1 Å². The van der Waals surface area contributed by atoms with Crippen molar-refractivity contribution in [3.63, 3.8) is 0 Å². The van der Waals surface area contributed by atoms with Gasteiger partial charge in [-0.15, -0.1) is 0 Å². The Morgan fingerprint density at radius 1 is 1.57 bits per heavy atom. The first kappa shape index (κ1) is 10.7. The van der Waals surface area contributed by atoms with Crippen molar-refractivity contribution in [1.82, 2.24) is 4.31 Å². The number of fused-ring (bicyclic) bond motifs is 1. The van der Waals surface area contributed by atoms with E-state index >= 15 is 0 Å². The zero-order chi connectivity index (χ0) is 10.3. The lowest BCUT2D eigenvalue weighted by atomic mass is 9.81. The van der Waals surface area contributed by atoms with E-state index in [1.54, 1.807) is 0 Å². The van der Waals surface area contributed by atoms with Gasteiger partial charge in [-0.3, -0.25) is 4.31 Å². The van der Waals surface area contributed by atoms with Gasteiger partial charge < -0.3 is 10.8 Å². The van der Waals surface area contributed by atoms with Gasteiger partial charge >= 0.3 is 0 Å². The van der Waals surface area contributed by atoms with Gasteiger partial charge in [0.05, 0.1) is 6.10 Å². The van der Waals surface area contributed by atoms with Crippen LogP contribution in [0.2, 0.25) is 0 Å². The van der Waals surface area contributed by atoms with Gasteiger partial charge in [0.25, 0.3) is 0 Å². The van der Waals surface area contributed by atoms with Crippen molar-refractivity contribution < 1.29 is 5.11 Å². The molecule has 1 aliphatic heterocycles. The van der Waals surface area contributed by atoms with Crippen molar-refractivity contribution in [3.05, 3.63) is 0 Å². The van der Waals surface area contributed by atoms with Crippen LogP contribution < -0.4 is 5.73 Å². The molecule has 1 aliphatic carbocycles. The quantitative estimate of drug-likeness (QED) is 0.580. The lowest BCUT2D eigenvalue weighted by Gasteiger charge is -2.29. The average molecular weight is 218 g/mol. The molecule has 1 unspecified atom stereocenters. The molecule has 84 valence electrons. The zero-order valence-corrected chi connectivity index (χ0v) is 10.0. The zero-order valence-electron chi connectivity index (χ0n) is 9.11. The summed E-state index contributed by atoms with van der Waals surface area (Å²) < 4.78 is 2.57. The summed E-state index contributed by atoms with van der Waals surface area (Å²) in [7, 11) is 0. The van der Waals surface area contributed by atoms with E-state index in [0.717, 1.165) is 32.5 Å². The topological polar surface area (TPSA) is 49.5 Å². The van der Waals surface area contributed by atoms with Crippen LogP contribution in [0.1, 0.15) is 12.8 Å². The van der Waals surface area contributed by atoms with Crippen LogP contribution in [0.5, 0.6) is 0 Å². The minimum Gasteiger partial charge on any atom is -0.393 e. The summed E-state index contributed by atoms with van der Waals surface area (Å²) in [6.07, 6.45) is 6.41. The minimum atomic E-state index is -0.0920. The SMILES string of the molecule is C[SH](C)N1C[C@H]2CC(O)C[C@@]2(CN)C1. The summed E-state index contributed by atoms with van der Waals surface area (Å²) in [5.74, 6) is 0.646. The van der Waals surface area contributed by atoms with Gasteiger partial charge in [0, 0.05) is 18.5 Å². The van der Waals surface area contributed by atoms with Crippen LogP contribution in [0.3, 0.4) is 0 Å². The molecule has 4 heteroatoms. The summed E-state index contributed by atoms with van der Waals surface area (Å²) in [5.41, 5.74) is 6.15. The molecule has 1 saturated heterocycles. The molecule has 3 atom stereocenters. The van der Waals surface area contributed by atoms with Crippen molar-refractivity contribution in [2.45, 2.75) is 18.9 Å². The number of hydrogen-bond acceptors (Lipinski definition) is 3. The van der Waals surface area contributed by atoms with Crippen molar-refractivity contribution in [2.24, 2.45) is 17.1 Å². The Morgan fingerprint density at radius 2 is 2.29 bits per heavy atom. The number of hydrogen-bond donors (Lipinski definition) is 3. The predicted molar refractivity (Wildman–Crippen MR) is 62.6 cm³/mol. The highest BCUT2D eigenvalue weighted by atomic mass is 32.2. The second kappa shape index (κ2) is 3.67. The Labute approximate surface area is 89.1 Å². The molecular weight excluding hydrogens is 196 g/mol.